The Labute approximate surface area is 192 Å². The lowest BCUT2D eigenvalue weighted by Crippen LogP contribution is -2.45. The van der Waals surface area contributed by atoms with Crippen LogP contribution in [0.25, 0.3) is 0 Å². The Kier molecular flexibility index (Phi) is 7.67. The second-order valence-electron chi connectivity index (χ2n) is 8.36. The van der Waals surface area contributed by atoms with Crippen LogP contribution in [0, 0.1) is 11.8 Å². The van der Waals surface area contributed by atoms with E-state index in [-0.39, 0.29) is 30.2 Å². The van der Waals surface area contributed by atoms with E-state index in [1.807, 2.05) is 0 Å². The van der Waals surface area contributed by atoms with Crippen LogP contribution in [-0.2, 0) is 28.7 Å². The number of methoxy groups -OCH3 is 1. The molecule has 3 rings (SSSR count). The molecule has 1 N–H and O–H groups in total. The predicted molar refractivity (Wildman–Crippen MR) is 117 cm³/mol. The van der Waals surface area contributed by atoms with Gasteiger partial charge in [-0.25, -0.2) is 4.79 Å². The Hall–Kier alpha value is -3.43. The molecule has 0 aromatic heterocycles. The smallest absolute Gasteiger partial charge is 0.329 e. The highest BCUT2D eigenvalue weighted by Gasteiger charge is 2.51. The lowest BCUT2D eigenvalue weighted by molar-refractivity contribution is -0.161. The lowest BCUT2D eigenvalue weighted by atomic mass is 9.81. The highest BCUT2D eigenvalue weighted by atomic mass is 16.5. The molecule has 3 atom stereocenters. The number of hydrogen-bond acceptors (Lipinski definition) is 7. The summed E-state index contributed by atoms with van der Waals surface area (Å²) in [6.07, 6.45) is 3.07. The Balaban J connectivity index is 1.48. The molecule has 1 aromatic carbocycles. The van der Waals surface area contributed by atoms with Crippen molar-refractivity contribution in [2.45, 2.75) is 38.6 Å². The minimum Gasteiger partial charge on any atom is -0.497 e. The van der Waals surface area contributed by atoms with Crippen LogP contribution in [0.3, 0.4) is 0 Å². The van der Waals surface area contributed by atoms with Gasteiger partial charge in [-0.1, -0.05) is 18.9 Å². The normalized spacial score (nSPS) is 20.6. The molecule has 33 heavy (non-hydrogen) atoms. The first-order chi connectivity index (χ1) is 15.7. The van der Waals surface area contributed by atoms with Gasteiger partial charge in [0, 0.05) is 18.8 Å². The van der Waals surface area contributed by atoms with Gasteiger partial charge >= 0.3 is 5.97 Å². The number of ether oxygens (including phenoxy) is 2. The topological polar surface area (TPSA) is 122 Å². The van der Waals surface area contributed by atoms with Gasteiger partial charge in [-0.15, -0.1) is 0 Å². The molecular weight excluding hydrogens is 430 g/mol. The highest BCUT2D eigenvalue weighted by Crippen LogP contribution is 2.38. The van der Waals surface area contributed by atoms with Crippen molar-refractivity contribution in [3.8, 4) is 5.75 Å². The van der Waals surface area contributed by atoms with E-state index in [1.54, 1.807) is 24.3 Å². The second kappa shape index (κ2) is 10.5. The number of carbonyl (C=O) groups excluding carboxylic acids is 5. The lowest BCUT2D eigenvalue weighted by Gasteiger charge is -2.22. The first-order valence-electron chi connectivity index (χ1n) is 10.9. The number of amides is 4. The number of esters is 1. The van der Waals surface area contributed by atoms with Crippen molar-refractivity contribution in [1.82, 2.24) is 9.80 Å². The molecule has 0 spiro atoms. The molecule has 0 radical (unpaired) electrons. The third-order valence-electron chi connectivity index (χ3n) is 6.10. The number of likely N-dealkylation sites (tertiary alicyclic amines) is 1. The Bertz CT molecular complexity index is 924. The zero-order valence-corrected chi connectivity index (χ0v) is 19.0. The first-order valence-corrected chi connectivity index (χ1v) is 10.9. The molecule has 10 nitrogen and oxygen atoms in total. The molecule has 1 aliphatic heterocycles. The molecule has 0 bridgehead atoms. The summed E-state index contributed by atoms with van der Waals surface area (Å²) in [6.45, 7) is 0.566. The molecule has 10 heteroatoms. The van der Waals surface area contributed by atoms with E-state index in [0.29, 0.717) is 24.3 Å². The van der Waals surface area contributed by atoms with Crippen LogP contribution in [-0.4, -0.2) is 72.7 Å². The first kappa shape index (κ1) is 24.2. The van der Waals surface area contributed by atoms with Gasteiger partial charge in [-0.2, -0.15) is 0 Å². The van der Waals surface area contributed by atoms with Gasteiger partial charge in [-0.3, -0.25) is 24.1 Å². The summed E-state index contributed by atoms with van der Waals surface area (Å²) in [6, 6.07) is 5.67. The van der Waals surface area contributed by atoms with Gasteiger partial charge in [0.1, 0.15) is 11.8 Å². The van der Waals surface area contributed by atoms with Crippen LogP contribution < -0.4 is 10.1 Å². The molecule has 2 aliphatic rings. The minimum atomic E-state index is -1.11. The molecule has 178 valence electrons. The van der Waals surface area contributed by atoms with Crippen molar-refractivity contribution in [3.05, 3.63) is 24.3 Å². The number of nitrogens with one attached hydrogen (secondary N) is 1. The second-order valence-corrected chi connectivity index (χ2v) is 8.36. The fourth-order valence-corrected chi connectivity index (χ4v) is 4.24. The Morgan fingerprint density at radius 1 is 1.15 bits per heavy atom. The minimum absolute atomic E-state index is 0.254. The number of nitrogens with zero attached hydrogens (tertiary/aromatic N) is 2. The predicted octanol–water partition coefficient (Wildman–Crippen LogP) is 1.20. The number of imide groups is 1. The quantitative estimate of drug-likeness (QED) is 0.458. The fourth-order valence-electron chi connectivity index (χ4n) is 4.24. The van der Waals surface area contributed by atoms with Crippen molar-refractivity contribution in [2.75, 3.05) is 32.6 Å². The van der Waals surface area contributed by atoms with Crippen molar-refractivity contribution in [2.24, 2.45) is 11.8 Å². The zero-order valence-electron chi connectivity index (χ0n) is 19.0. The van der Waals surface area contributed by atoms with Gasteiger partial charge in [-0.05, 0) is 31.9 Å². The number of likely N-dealkylation sites (N-methyl/N-ethyl adjacent to an activating group) is 1. The van der Waals surface area contributed by atoms with E-state index < -0.39 is 30.4 Å². The van der Waals surface area contributed by atoms with Crippen LogP contribution in [0.1, 0.15) is 32.6 Å². The number of fused-ring (bicyclic) bond motifs is 1. The summed E-state index contributed by atoms with van der Waals surface area (Å²) in [7, 11) is 2.92. The summed E-state index contributed by atoms with van der Waals surface area (Å²) in [4.78, 5) is 64.3. The number of carbonyl (C=O) groups is 5. The number of benzene rings is 1. The van der Waals surface area contributed by atoms with E-state index >= 15 is 0 Å². The average Bonchev–Trinajstić information content (AvgIpc) is 3.06. The summed E-state index contributed by atoms with van der Waals surface area (Å²) in [5, 5.41) is 2.65. The SMILES string of the molecule is COc1cccc(NC(=O)CN(C)C(=O)COC(=O)[C@H](C)N2C(=O)C3CCCCC3C2=O)c1. The molecule has 4 amide bonds. The Morgan fingerprint density at radius 3 is 2.39 bits per heavy atom. The maximum Gasteiger partial charge on any atom is 0.329 e. The third kappa shape index (κ3) is 5.50. The van der Waals surface area contributed by atoms with Crippen LogP contribution in [0.15, 0.2) is 24.3 Å². The molecule has 1 aliphatic carbocycles. The van der Waals surface area contributed by atoms with E-state index in [1.165, 1.54) is 21.1 Å². The van der Waals surface area contributed by atoms with Crippen LogP contribution in [0.4, 0.5) is 5.69 Å². The number of anilines is 1. The monoisotopic (exact) mass is 459 g/mol. The molecule has 1 saturated carbocycles. The third-order valence-corrected chi connectivity index (χ3v) is 6.10. The summed E-state index contributed by atoms with van der Waals surface area (Å²) in [5.41, 5.74) is 0.515. The van der Waals surface area contributed by atoms with Crippen molar-refractivity contribution in [1.29, 1.82) is 0 Å². The van der Waals surface area contributed by atoms with Crippen molar-refractivity contribution >= 4 is 35.3 Å². The van der Waals surface area contributed by atoms with Crippen LogP contribution >= 0.6 is 0 Å². The van der Waals surface area contributed by atoms with Crippen molar-refractivity contribution in [3.63, 3.8) is 0 Å². The zero-order chi connectivity index (χ0) is 24.1. The highest BCUT2D eigenvalue weighted by molar-refractivity contribution is 6.07. The molecule has 1 heterocycles. The van der Waals surface area contributed by atoms with Gasteiger partial charge < -0.3 is 19.7 Å². The maximum atomic E-state index is 12.6. The van der Waals surface area contributed by atoms with Gasteiger partial charge in [0.25, 0.3) is 5.91 Å². The fraction of sp³-hybridized carbons (Fsp3) is 0.522. The largest absolute Gasteiger partial charge is 0.497 e. The van der Waals surface area contributed by atoms with E-state index in [9.17, 15) is 24.0 Å². The van der Waals surface area contributed by atoms with Crippen LogP contribution in [0.5, 0.6) is 5.75 Å². The van der Waals surface area contributed by atoms with E-state index in [0.717, 1.165) is 22.6 Å². The van der Waals surface area contributed by atoms with E-state index in [4.69, 9.17) is 9.47 Å². The van der Waals surface area contributed by atoms with E-state index in [2.05, 4.69) is 5.32 Å². The molecule has 2 fully saturated rings. The summed E-state index contributed by atoms with van der Waals surface area (Å²) in [5.74, 6) is -2.70. The Morgan fingerprint density at radius 2 is 1.79 bits per heavy atom. The molecule has 1 aromatic rings. The van der Waals surface area contributed by atoms with Gasteiger partial charge in [0.15, 0.2) is 6.61 Å². The summed E-state index contributed by atoms with van der Waals surface area (Å²) < 4.78 is 10.2. The average molecular weight is 459 g/mol. The maximum absolute atomic E-state index is 12.6. The van der Waals surface area contributed by atoms with Crippen molar-refractivity contribution < 1.29 is 33.4 Å². The number of rotatable bonds is 8. The molecule has 1 saturated heterocycles. The van der Waals surface area contributed by atoms with Crippen LogP contribution in [0.2, 0.25) is 0 Å². The summed E-state index contributed by atoms with van der Waals surface area (Å²) >= 11 is 0. The van der Waals surface area contributed by atoms with Gasteiger partial charge in [0.2, 0.25) is 17.7 Å². The van der Waals surface area contributed by atoms with Gasteiger partial charge in [0.05, 0.1) is 25.5 Å². The number of hydrogen-bond donors (Lipinski definition) is 1. The standard InChI is InChI=1S/C23H29N3O7/c1-14(26-21(29)17-9-4-5-10-18(17)22(26)30)23(31)33-13-20(28)25(2)12-19(27)24-15-7-6-8-16(11-15)32-3/h6-8,11,14,17-18H,4-5,9-10,12-13H2,1-3H3,(H,24,27)/t14-,17?,18?/m0/s1. The molecular formula is C23H29N3O7. The molecule has 2 unspecified atom stereocenters.